The van der Waals surface area contributed by atoms with E-state index < -0.39 is 17.6 Å². The number of hydrogen-bond donors (Lipinski definition) is 1. The highest BCUT2D eigenvalue weighted by atomic mass is 19.4. The summed E-state index contributed by atoms with van der Waals surface area (Å²) in [5.74, 6) is 0.613. The summed E-state index contributed by atoms with van der Waals surface area (Å²) in [7, 11) is 3.10. The van der Waals surface area contributed by atoms with Gasteiger partial charge in [-0.15, -0.1) is 0 Å². The summed E-state index contributed by atoms with van der Waals surface area (Å²) in [5, 5.41) is 2.52. The van der Waals surface area contributed by atoms with Crippen LogP contribution in [0.4, 0.5) is 13.2 Å². The molecule has 1 amide bonds. The number of amidine groups is 1. The summed E-state index contributed by atoms with van der Waals surface area (Å²) >= 11 is 0. The van der Waals surface area contributed by atoms with Crippen LogP contribution in [0, 0.1) is 0 Å². The summed E-state index contributed by atoms with van der Waals surface area (Å²) < 4.78 is 54.0. The van der Waals surface area contributed by atoms with Crippen LogP contribution in [0.1, 0.15) is 34.8 Å². The van der Waals surface area contributed by atoms with Crippen molar-refractivity contribution in [3.63, 3.8) is 0 Å². The molecule has 2 rings (SSSR count). The van der Waals surface area contributed by atoms with Crippen molar-refractivity contribution in [3.8, 4) is 11.5 Å². The molecule has 2 aromatic carbocycles. The number of carbonyl (C=O) groups is 1. The predicted octanol–water partition coefficient (Wildman–Crippen LogP) is 4.48. The van der Waals surface area contributed by atoms with Gasteiger partial charge in [0, 0.05) is 12.1 Å². The summed E-state index contributed by atoms with van der Waals surface area (Å²) in [4.78, 5) is 16.7. The average Bonchev–Trinajstić information content (AvgIpc) is 2.76. The molecule has 31 heavy (non-hydrogen) atoms. The Morgan fingerprint density at radius 3 is 2.29 bits per heavy atom. The first kappa shape index (κ1) is 24.0. The molecule has 0 saturated heterocycles. The van der Waals surface area contributed by atoms with E-state index in [4.69, 9.17) is 14.2 Å². The van der Waals surface area contributed by atoms with Gasteiger partial charge < -0.3 is 14.2 Å². The quantitative estimate of drug-likeness (QED) is 0.488. The van der Waals surface area contributed by atoms with Crippen LogP contribution in [0.2, 0.25) is 0 Å². The van der Waals surface area contributed by atoms with Crippen LogP contribution >= 0.6 is 0 Å². The number of nitrogens with zero attached hydrogens (tertiary/aromatic N) is 1. The van der Waals surface area contributed by atoms with Crippen LogP contribution in [-0.4, -0.2) is 39.3 Å². The number of alkyl halides is 3. The second kappa shape index (κ2) is 11.2. The lowest BCUT2D eigenvalue weighted by molar-refractivity contribution is -0.137. The molecular formula is C22H25F3N2O4. The first-order valence-corrected chi connectivity index (χ1v) is 9.65. The predicted molar refractivity (Wildman–Crippen MR) is 111 cm³/mol. The maximum atomic E-state index is 12.7. The Morgan fingerprint density at radius 2 is 1.71 bits per heavy atom. The van der Waals surface area contributed by atoms with E-state index in [0.29, 0.717) is 37.5 Å². The standard InChI is InChI=1S/C22H25F3N2O4/c1-4-13-31-21(26-12-11-15-5-10-18(29-2)19(14-15)30-3)27-20(28)16-6-8-17(9-7-16)22(23,24)25/h5-10,14H,4,11-13H2,1-3H3,(H,26,27,28). The first-order valence-electron chi connectivity index (χ1n) is 9.65. The zero-order chi connectivity index (χ0) is 22.9. The maximum Gasteiger partial charge on any atom is 0.416 e. The Hall–Kier alpha value is -3.23. The number of aliphatic imine (C=N–C) groups is 1. The Morgan fingerprint density at radius 1 is 1.03 bits per heavy atom. The van der Waals surface area contributed by atoms with Gasteiger partial charge in [0.15, 0.2) is 11.5 Å². The second-order valence-electron chi connectivity index (χ2n) is 6.50. The zero-order valence-corrected chi connectivity index (χ0v) is 17.6. The van der Waals surface area contributed by atoms with Crippen molar-refractivity contribution in [2.45, 2.75) is 25.9 Å². The topological polar surface area (TPSA) is 69.2 Å². The minimum Gasteiger partial charge on any atom is -0.493 e. The SMILES string of the molecule is CCCOC(=NCCc1ccc(OC)c(OC)c1)NC(=O)c1ccc(C(F)(F)F)cc1. The molecule has 168 valence electrons. The lowest BCUT2D eigenvalue weighted by Gasteiger charge is -2.12. The molecule has 0 fully saturated rings. The first-order chi connectivity index (χ1) is 14.8. The highest BCUT2D eigenvalue weighted by Gasteiger charge is 2.30. The highest BCUT2D eigenvalue weighted by Crippen LogP contribution is 2.29. The third-order valence-electron chi connectivity index (χ3n) is 4.24. The third-order valence-corrected chi connectivity index (χ3v) is 4.24. The summed E-state index contributed by atoms with van der Waals surface area (Å²) in [6.07, 6.45) is -3.21. The number of hydrogen-bond acceptors (Lipinski definition) is 5. The van der Waals surface area contributed by atoms with Crippen molar-refractivity contribution >= 4 is 11.9 Å². The number of ether oxygens (including phenoxy) is 3. The van der Waals surface area contributed by atoms with Crippen molar-refractivity contribution in [1.82, 2.24) is 5.32 Å². The van der Waals surface area contributed by atoms with E-state index in [-0.39, 0.29) is 11.6 Å². The van der Waals surface area contributed by atoms with Crippen LogP contribution in [0.25, 0.3) is 0 Å². The maximum absolute atomic E-state index is 12.7. The van der Waals surface area contributed by atoms with Gasteiger partial charge in [0.25, 0.3) is 11.9 Å². The molecule has 9 heteroatoms. The minimum atomic E-state index is -4.46. The van der Waals surface area contributed by atoms with E-state index in [1.165, 1.54) is 0 Å². The Kier molecular flexibility index (Phi) is 8.72. The molecule has 0 aromatic heterocycles. The zero-order valence-electron chi connectivity index (χ0n) is 17.6. The molecule has 0 unspecified atom stereocenters. The van der Waals surface area contributed by atoms with Crippen LogP contribution in [0.15, 0.2) is 47.5 Å². The number of benzene rings is 2. The molecular weight excluding hydrogens is 413 g/mol. The molecule has 0 spiro atoms. The third kappa shape index (κ3) is 7.20. The van der Waals surface area contributed by atoms with Gasteiger partial charge in [0.05, 0.1) is 26.4 Å². The summed E-state index contributed by atoms with van der Waals surface area (Å²) in [6, 6.07) is 9.46. The van der Waals surface area contributed by atoms with Crippen molar-refractivity contribution in [1.29, 1.82) is 0 Å². The fourth-order valence-corrected chi connectivity index (χ4v) is 2.62. The average molecular weight is 438 g/mol. The molecule has 0 atom stereocenters. The van der Waals surface area contributed by atoms with E-state index >= 15 is 0 Å². The van der Waals surface area contributed by atoms with Gasteiger partial charge in [-0.3, -0.25) is 10.1 Å². The number of rotatable bonds is 8. The smallest absolute Gasteiger partial charge is 0.416 e. The lowest BCUT2D eigenvalue weighted by Crippen LogP contribution is -2.33. The Balaban J connectivity index is 2.05. The van der Waals surface area contributed by atoms with Crippen molar-refractivity contribution in [2.24, 2.45) is 4.99 Å². The van der Waals surface area contributed by atoms with Gasteiger partial charge in [-0.1, -0.05) is 13.0 Å². The van der Waals surface area contributed by atoms with Gasteiger partial charge in [0.1, 0.15) is 0 Å². The fourth-order valence-electron chi connectivity index (χ4n) is 2.62. The van der Waals surface area contributed by atoms with Crippen LogP contribution in [0.5, 0.6) is 11.5 Å². The number of amides is 1. The number of methoxy groups -OCH3 is 2. The fraction of sp³-hybridized carbons (Fsp3) is 0.364. The van der Waals surface area contributed by atoms with Crippen LogP contribution in [-0.2, 0) is 17.3 Å². The van der Waals surface area contributed by atoms with Crippen LogP contribution < -0.4 is 14.8 Å². The molecule has 2 aromatic rings. The molecule has 6 nitrogen and oxygen atoms in total. The van der Waals surface area contributed by atoms with Gasteiger partial charge >= 0.3 is 6.18 Å². The molecule has 0 saturated carbocycles. The van der Waals surface area contributed by atoms with E-state index in [2.05, 4.69) is 10.3 Å². The molecule has 0 radical (unpaired) electrons. The van der Waals surface area contributed by atoms with Crippen molar-refractivity contribution in [2.75, 3.05) is 27.4 Å². The van der Waals surface area contributed by atoms with Gasteiger partial charge in [0.2, 0.25) is 0 Å². The molecule has 0 aliphatic rings. The van der Waals surface area contributed by atoms with E-state index in [1.807, 2.05) is 19.1 Å². The highest BCUT2D eigenvalue weighted by molar-refractivity contribution is 6.04. The molecule has 1 N–H and O–H groups in total. The minimum absolute atomic E-state index is 0.0206. The van der Waals surface area contributed by atoms with E-state index in [1.54, 1.807) is 20.3 Å². The van der Waals surface area contributed by atoms with E-state index in [9.17, 15) is 18.0 Å². The molecule has 0 heterocycles. The van der Waals surface area contributed by atoms with Gasteiger partial charge in [-0.05, 0) is 54.8 Å². The number of halogens is 3. The molecule has 0 aliphatic carbocycles. The second-order valence-corrected chi connectivity index (χ2v) is 6.50. The largest absolute Gasteiger partial charge is 0.493 e. The van der Waals surface area contributed by atoms with Crippen LogP contribution in [0.3, 0.4) is 0 Å². The Bertz CT molecular complexity index is 897. The van der Waals surface area contributed by atoms with Crippen molar-refractivity contribution in [3.05, 3.63) is 59.2 Å². The summed E-state index contributed by atoms with van der Waals surface area (Å²) in [6.45, 7) is 2.56. The summed E-state index contributed by atoms with van der Waals surface area (Å²) in [5.41, 5.74) is 0.195. The number of nitrogens with one attached hydrogen (secondary N) is 1. The molecule has 0 aliphatic heterocycles. The lowest BCUT2D eigenvalue weighted by atomic mass is 10.1. The van der Waals surface area contributed by atoms with Gasteiger partial charge in [-0.2, -0.15) is 13.2 Å². The normalized spacial score (nSPS) is 11.7. The van der Waals surface area contributed by atoms with Crippen molar-refractivity contribution < 1.29 is 32.2 Å². The molecule has 0 bridgehead atoms. The Labute approximate surface area is 179 Å². The van der Waals surface area contributed by atoms with Gasteiger partial charge in [-0.25, -0.2) is 4.99 Å². The monoisotopic (exact) mass is 438 g/mol. The number of carbonyl (C=O) groups excluding carboxylic acids is 1. The van der Waals surface area contributed by atoms with E-state index in [0.717, 1.165) is 29.8 Å².